The zero-order chi connectivity index (χ0) is 14.7. The number of rotatable bonds is 2. The van der Waals surface area contributed by atoms with E-state index < -0.39 is 0 Å². The molecule has 5 heteroatoms. The topological polar surface area (TPSA) is 58.4 Å². The summed E-state index contributed by atoms with van der Waals surface area (Å²) in [6.07, 6.45) is 2.85. The Hall–Kier alpha value is -1.62. The lowest BCUT2D eigenvalue weighted by Gasteiger charge is -2.35. The van der Waals surface area contributed by atoms with E-state index in [2.05, 4.69) is 23.5 Å². The lowest BCUT2D eigenvalue weighted by molar-refractivity contribution is -0.122. The number of hydrogen-bond donors (Lipinski definition) is 2. The van der Waals surface area contributed by atoms with Crippen LogP contribution in [0.4, 0.5) is 5.69 Å². The van der Waals surface area contributed by atoms with Crippen molar-refractivity contribution in [2.24, 2.45) is 5.73 Å². The summed E-state index contributed by atoms with van der Waals surface area (Å²) in [6.45, 7) is 4.86. The number of nitrogens with one attached hydrogen (secondary N) is 1. The minimum absolute atomic E-state index is 0.283. The number of carbonyl (C=O) groups excluding carboxylic acids is 1. The number of aryl methyl sites for hydroxylation is 2. The fourth-order valence-electron chi connectivity index (χ4n) is 2.53. The molecule has 0 radical (unpaired) electrons. The second-order valence-corrected chi connectivity index (χ2v) is 5.74. The third-order valence-corrected chi connectivity index (χ3v) is 4.06. The van der Waals surface area contributed by atoms with E-state index in [1.54, 1.807) is 0 Å². The van der Waals surface area contributed by atoms with Gasteiger partial charge in [0.2, 0.25) is 5.91 Å². The molecule has 0 spiro atoms. The fraction of sp³-hybridized carbons (Fsp3) is 0.467. The number of hydrogen-bond acceptors (Lipinski definition) is 2. The molecule has 1 saturated heterocycles. The van der Waals surface area contributed by atoms with Gasteiger partial charge in [-0.05, 0) is 62.5 Å². The highest BCUT2D eigenvalue weighted by Crippen LogP contribution is 2.21. The third-order valence-electron chi connectivity index (χ3n) is 3.73. The summed E-state index contributed by atoms with van der Waals surface area (Å²) < 4.78 is 0. The van der Waals surface area contributed by atoms with Gasteiger partial charge in [-0.1, -0.05) is 12.1 Å². The first-order chi connectivity index (χ1) is 9.49. The largest absolute Gasteiger partial charge is 0.368 e. The lowest BCUT2D eigenvalue weighted by atomic mass is 10.0. The molecule has 3 N–H and O–H groups in total. The zero-order valence-corrected chi connectivity index (χ0v) is 12.8. The minimum Gasteiger partial charge on any atom is -0.368 e. The van der Waals surface area contributed by atoms with E-state index in [0.717, 1.165) is 37.1 Å². The molecular weight excluding hydrogens is 270 g/mol. The van der Waals surface area contributed by atoms with Crippen molar-refractivity contribution in [2.45, 2.75) is 39.2 Å². The predicted molar refractivity (Wildman–Crippen MR) is 85.7 cm³/mol. The van der Waals surface area contributed by atoms with Crippen molar-refractivity contribution in [3.8, 4) is 0 Å². The summed E-state index contributed by atoms with van der Waals surface area (Å²) in [6, 6.07) is 5.90. The fourth-order valence-corrected chi connectivity index (χ4v) is 2.86. The van der Waals surface area contributed by atoms with E-state index in [-0.39, 0.29) is 11.9 Å². The standard InChI is InChI=1S/C15H21N3OS/c1-10-6-7-11(2)12(9-10)17-15(20)18-8-4-3-5-13(18)14(16)19/h6-7,9,13H,3-5,8H2,1-2H3,(H2,16,19)(H,17,20)/t13-/m1/s1. The molecule has 0 aliphatic carbocycles. The van der Waals surface area contributed by atoms with Crippen molar-refractivity contribution in [3.63, 3.8) is 0 Å². The summed E-state index contributed by atoms with van der Waals surface area (Å²) in [5.41, 5.74) is 8.77. The van der Waals surface area contributed by atoms with Crippen LogP contribution in [0.3, 0.4) is 0 Å². The van der Waals surface area contributed by atoms with E-state index in [9.17, 15) is 4.79 Å². The van der Waals surface area contributed by atoms with Crippen LogP contribution in [0.25, 0.3) is 0 Å². The molecule has 1 aromatic carbocycles. The Balaban J connectivity index is 2.14. The second kappa shape index (κ2) is 6.22. The van der Waals surface area contributed by atoms with Gasteiger partial charge >= 0.3 is 0 Å². The number of thiocarbonyl (C=S) groups is 1. The minimum atomic E-state index is -0.296. The summed E-state index contributed by atoms with van der Waals surface area (Å²) >= 11 is 5.46. The molecule has 1 fully saturated rings. The Morgan fingerprint density at radius 3 is 2.85 bits per heavy atom. The normalized spacial score (nSPS) is 18.7. The van der Waals surface area contributed by atoms with Crippen LogP contribution in [0.1, 0.15) is 30.4 Å². The van der Waals surface area contributed by atoms with E-state index in [1.807, 2.05) is 18.7 Å². The number of likely N-dealkylation sites (tertiary alicyclic amines) is 1. The van der Waals surface area contributed by atoms with Crippen LogP contribution >= 0.6 is 12.2 Å². The van der Waals surface area contributed by atoms with Crippen molar-refractivity contribution in [1.82, 2.24) is 4.90 Å². The molecule has 108 valence electrons. The van der Waals surface area contributed by atoms with E-state index in [1.165, 1.54) is 5.56 Å². The van der Waals surface area contributed by atoms with Crippen molar-refractivity contribution >= 4 is 28.9 Å². The monoisotopic (exact) mass is 291 g/mol. The molecule has 1 amide bonds. The Labute approximate surface area is 125 Å². The smallest absolute Gasteiger partial charge is 0.240 e. The highest BCUT2D eigenvalue weighted by Gasteiger charge is 2.28. The van der Waals surface area contributed by atoms with Gasteiger partial charge in [0.15, 0.2) is 5.11 Å². The van der Waals surface area contributed by atoms with E-state index in [0.29, 0.717) is 5.11 Å². The second-order valence-electron chi connectivity index (χ2n) is 5.36. The van der Waals surface area contributed by atoms with Gasteiger partial charge in [0.1, 0.15) is 6.04 Å². The van der Waals surface area contributed by atoms with Crippen LogP contribution in [-0.2, 0) is 4.79 Å². The van der Waals surface area contributed by atoms with Crippen molar-refractivity contribution < 1.29 is 4.79 Å². The molecule has 1 atom stereocenters. The maximum absolute atomic E-state index is 11.5. The first-order valence-corrected chi connectivity index (χ1v) is 7.34. The summed E-state index contributed by atoms with van der Waals surface area (Å²) in [7, 11) is 0. The molecule has 1 heterocycles. The van der Waals surface area contributed by atoms with Crippen LogP contribution in [-0.4, -0.2) is 28.5 Å². The molecule has 1 aromatic rings. The molecule has 0 aromatic heterocycles. The number of amides is 1. The lowest BCUT2D eigenvalue weighted by Crippen LogP contribution is -2.51. The number of benzene rings is 1. The first kappa shape index (κ1) is 14.8. The van der Waals surface area contributed by atoms with E-state index in [4.69, 9.17) is 18.0 Å². The SMILES string of the molecule is Cc1ccc(C)c(NC(=S)N2CCCC[C@@H]2C(N)=O)c1. The van der Waals surface area contributed by atoms with E-state index >= 15 is 0 Å². The number of nitrogens with two attached hydrogens (primary N) is 1. The highest BCUT2D eigenvalue weighted by molar-refractivity contribution is 7.80. The molecule has 1 aliphatic heterocycles. The Kier molecular flexibility index (Phi) is 4.60. The molecule has 20 heavy (non-hydrogen) atoms. The molecule has 0 bridgehead atoms. The average Bonchev–Trinajstić information content (AvgIpc) is 2.42. The Bertz CT molecular complexity index is 530. The molecular formula is C15H21N3OS. The number of carbonyl (C=O) groups is 1. The molecule has 4 nitrogen and oxygen atoms in total. The van der Waals surface area contributed by atoms with Gasteiger partial charge in [-0.15, -0.1) is 0 Å². The maximum Gasteiger partial charge on any atom is 0.240 e. The summed E-state index contributed by atoms with van der Waals surface area (Å²) in [4.78, 5) is 13.5. The van der Waals surface area contributed by atoms with Crippen LogP contribution < -0.4 is 11.1 Å². The Morgan fingerprint density at radius 2 is 2.15 bits per heavy atom. The number of nitrogens with zero attached hydrogens (tertiary/aromatic N) is 1. The van der Waals surface area contributed by atoms with Crippen LogP contribution in [0.2, 0.25) is 0 Å². The third kappa shape index (κ3) is 3.28. The quantitative estimate of drug-likeness (QED) is 0.821. The van der Waals surface area contributed by atoms with Crippen molar-refractivity contribution in [3.05, 3.63) is 29.3 Å². The van der Waals surface area contributed by atoms with Gasteiger partial charge < -0.3 is 16.0 Å². The van der Waals surface area contributed by atoms with Gasteiger partial charge in [0, 0.05) is 12.2 Å². The van der Waals surface area contributed by atoms with Crippen LogP contribution in [0.5, 0.6) is 0 Å². The van der Waals surface area contributed by atoms with Crippen LogP contribution in [0.15, 0.2) is 18.2 Å². The zero-order valence-electron chi connectivity index (χ0n) is 12.0. The first-order valence-electron chi connectivity index (χ1n) is 6.93. The number of primary amides is 1. The predicted octanol–water partition coefficient (Wildman–Crippen LogP) is 2.34. The summed E-state index contributed by atoms with van der Waals surface area (Å²) in [5, 5.41) is 3.84. The molecule has 0 saturated carbocycles. The number of piperidine rings is 1. The van der Waals surface area contributed by atoms with Crippen molar-refractivity contribution in [1.29, 1.82) is 0 Å². The van der Waals surface area contributed by atoms with Gasteiger partial charge in [-0.2, -0.15) is 0 Å². The van der Waals surface area contributed by atoms with Gasteiger partial charge in [-0.25, -0.2) is 0 Å². The molecule has 0 unspecified atom stereocenters. The van der Waals surface area contributed by atoms with Crippen molar-refractivity contribution in [2.75, 3.05) is 11.9 Å². The Morgan fingerprint density at radius 1 is 1.40 bits per heavy atom. The maximum atomic E-state index is 11.5. The summed E-state index contributed by atoms with van der Waals surface area (Å²) in [5.74, 6) is -0.296. The highest BCUT2D eigenvalue weighted by atomic mass is 32.1. The van der Waals surface area contributed by atoms with Gasteiger partial charge in [-0.3, -0.25) is 4.79 Å². The van der Waals surface area contributed by atoms with Gasteiger partial charge in [0.25, 0.3) is 0 Å². The average molecular weight is 291 g/mol. The number of anilines is 1. The molecule has 2 rings (SSSR count). The molecule has 1 aliphatic rings. The van der Waals surface area contributed by atoms with Gasteiger partial charge in [0.05, 0.1) is 0 Å². The van der Waals surface area contributed by atoms with Crippen LogP contribution in [0, 0.1) is 13.8 Å².